The van der Waals surface area contributed by atoms with E-state index in [9.17, 15) is 4.79 Å². The predicted octanol–water partition coefficient (Wildman–Crippen LogP) is 6.15. The highest BCUT2D eigenvalue weighted by Crippen LogP contribution is 2.36. The maximum absolute atomic E-state index is 13.0. The van der Waals surface area contributed by atoms with Gasteiger partial charge in [-0.25, -0.2) is 15.0 Å². The summed E-state index contributed by atoms with van der Waals surface area (Å²) in [4.78, 5) is 30.9. The van der Waals surface area contributed by atoms with Crippen molar-refractivity contribution in [1.29, 1.82) is 0 Å². The fourth-order valence-electron chi connectivity index (χ4n) is 3.55. The number of hydrogen-bond donors (Lipinski definition) is 1. The molecule has 5 rings (SSSR count). The Morgan fingerprint density at radius 2 is 1.59 bits per heavy atom. The highest BCUT2D eigenvalue weighted by Gasteiger charge is 2.17. The van der Waals surface area contributed by atoms with Crippen LogP contribution in [0.4, 0.5) is 0 Å². The van der Waals surface area contributed by atoms with E-state index < -0.39 is 0 Å². The molecule has 0 aliphatic carbocycles. The minimum atomic E-state index is -0.213. The molecule has 0 saturated carbocycles. The van der Waals surface area contributed by atoms with E-state index in [1.165, 1.54) is 11.3 Å². The summed E-state index contributed by atoms with van der Waals surface area (Å²) in [5.41, 5.74) is 3.34. The number of aromatic amines is 1. The molecule has 32 heavy (non-hydrogen) atoms. The van der Waals surface area contributed by atoms with Crippen LogP contribution in [0.2, 0.25) is 0 Å². The summed E-state index contributed by atoms with van der Waals surface area (Å²) in [6.07, 6.45) is 5.08. The van der Waals surface area contributed by atoms with Crippen LogP contribution in [0.5, 0.6) is 0 Å². The van der Waals surface area contributed by atoms with Crippen molar-refractivity contribution in [3.05, 3.63) is 99.7 Å². The Hall–Kier alpha value is -3.61. The lowest BCUT2D eigenvalue weighted by atomic mass is 10.0. The van der Waals surface area contributed by atoms with Crippen LogP contribution in [0.15, 0.2) is 77.9 Å². The smallest absolute Gasteiger partial charge is 0.260 e. The van der Waals surface area contributed by atoms with Crippen molar-refractivity contribution in [3.63, 3.8) is 0 Å². The van der Waals surface area contributed by atoms with Gasteiger partial charge in [-0.15, -0.1) is 11.3 Å². The maximum atomic E-state index is 13.0. The summed E-state index contributed by atoms with van der Waals surface area (Å²) < 4.78 is 0. The highest BCUT2D eigenvalue weighted by molar-refractivity contribution is 7.19. The number of hydrogen-bond acceptors (Lipinski definition) is 5. The Morgan fingerprint density at radius 3 is 2.25 bits per heavy atom. The number of aryl methyl sites for hydroxylation is 1. The molecule has 156 valence electrons. The largest absolute Gasteiger partial charge is 0.305 e. The molecule has 0 saturated heterocycles. The summed E-state index contributed by atoms with van der Waals surface area (Å²) in [7, 11) is 0. The van der Waals surface area contributed by atoms with Gasteiger partial charge < -0.3 is 4.98 Å². The van der Waals surface area contributed by atoms with Crippen molar-refractivity contribution in [2.75, 3.05) is 0 Å². The average molecular weight is 457 g/mol. The van der Waals surface area contributed by atoms with Gasteiger partial charge in [0, 0.05) is 34.0 Å². The van der Waals surface area contributed by atoms with Gasteiger partial charge in [0.15, 0.2) is 11.6 Å². The lowest BCUT2D eigenvalue weighted by Crippen LogP contribution is -2.10. The third kappa shape index (κ3) is 3.86. The predicted molar refractivity (Wildman–Crippen MR) is 132 cm³/mol. The number of rotatable bonds is 4. The molecule has 5 aromatic rings. The molecule has 3 heterocycles. The number of thiophene rings is 1. The van der Waals surface area contributed by atoms with Gasteiger partial charge in [-0.05, 0) is 18.6 Å². The number of nitrogens with one attached hydrogen (secondary N) is 1. The SMILES string of the molecule is Cc1sc2nc(/C(Cl)=C/c3cnc(-c4ccccc4)nc3)[nH]c(=O)c2c1-c1ccccc1. The van der Waals surface area contributed by atoms with E-state index in [4.69, 9.17) is 11.6 Å². The average Bonchev–Trinajstić information content (AvgIpc) is 3.17. The van der Waals surface area contributed by atoms with Crippen molar-refractivity contribution in [2.45, 2.75) is 6.92 Å². The van der Waals surface area contributed by atoms with Crippen LogP contribution in [0, 0.1) is 6.92 Å². The van der Waals surface area contributed by atoms with Crippen LogP contribution < -0.4 is 5.56 Å². The molecule has 0 atom stereocenters. The zero-order chi connectivity index (χ0) is 22.1. The number of H-pyrrole nitrogens is 1. The van der Waals surface area contributed by atoms with E-state index in [1.807, 2.05) is 67.6 Å². The van der Waals surface area contributed by atoms with E-state index in [1.54, 1.807) is 18.5 Å². The molecule has 7 heteroatoms. The minimum absolute atomic E-state index is 0.213. The summed E-state index contributed by atoms with van der Waals surface area (Å²) in [5.74, 6) is 0.950. The number of halogens is 1. The molecule has 1 N–H and O–H groups in total. The molecule has 0 aliphatic heterocycles. The van der Waals surface area contributed by atoms with E-state index in [-0.39, 0.29) is 5.56 Å². The molecule has 0 unspecified atom stereocenters. The Morgan fingerprint density at radius 1 is 0.969 bits per heavy atom. The Bertz CT molecular complexity index is 1490. The summed E-state index contributed by atoms with van der Waals surface area (Å²) in [6, 6.07) is 19.6. The lowest BCUT2D eigenvalue weighted by molar-refractivity contribution is 1.14. The number of fused-ring (bicyclic) bond motifs is 1. The molecule has 0 aliphatic rings. The Labute approximate surface area is 193 Å². The molecule has 0 amide bonds. The first-order valence-corrected chi connectivity index (χ1v) is 11.1. The first-order valence-electron chi connectivity index (χ1n) is 9.94. The third-order valence-corrected chi connectivity index (χ3v) is 6.31. The summed E-state index contributed by atoms with van der Waals surface area (Å²) in [6.45, 7) is 2.00. The zero-order valence-electron chi connectivity index (χ0n) is 17.0. The van der Waals surface area contributed by atoms with Crippen LogP contribution in [0.3, 0.4) is 0 Å². The van der Waals surface area contributed by atoms with Gasteiger partial charge in [0.05, 0.1) is 10.4 Å². The Kier molecular flexibility index (Phi) is 5.39. The van der Waals surface area contributed by atoms with Crippen LogP contribution >= 0.6 is 22.9 Å². The second kappa shape index (κ2) is 8.49. The molecule has 0 fully saturated rings. The fraction of sp³-hybridized carbons (Fsp3) is 0.0400. The van der Waals surface area contributed by atoms with Crippen molar-refractivity contribution in [3.8, 4) is 22.5 Å². The molecule has 2 aromatic carbocycles. The highest BCUT2D eigenvalue weighted by atomic mass is 35.5. The van der Waals surface area contributed by atoms with Crippen molar-refractivity contribution in [2.24, 2.45) is 0 Å². The fourth-order valence-corrected chi connectivity index (χ4v) is 4.81. The minimum Gasteiger partial charge on any atom is -0.305 e. The molecule has 0 bridgehead atoms. The van der Waals surface area contributed by atoms with Crippen LogP contribution in [-0.4, -0.2) is 19.9 Å². The number of aromatic nitrogens is 4. The molecular formula is C25H17ClN4OS. The van der Waals surface area contributed by atoms with Crippen LogP contribution in [-0.2, 0) is 0 Å². The van der Waals surface area contributed by atoms with Gasteiger partial charge in [-0.1, -0.05) is 72.3 Å². The quantitative estimate of drug-likeness (QED) is 0.352. The van der Waals surface area contributed by atoms with Crippen molar-refractivity contribution in [1.82, 2.24) is 19.9 Å². The zero-order valence-corrected chi connectivity index (χ0v) is 18.6. The first-order chi connectivity index (χ1) is 15.6. The monoisotopic (exact) mass is 456 g/mol. The normalized spacial score (nSPS) is 11.8. The first kappa shape index (κ1) is 20.3. The van der Waals surface area contributed by atoms with Crippen molar-refractivity contribution >= 4 is 44.3 Å². The topological polar surface area (TPSA) is 71.5 Å². The van der Waals surface area contributed by atoms with E-state index in [2.05, 4.69) is 19.9 Å². The lowest BCUT2D eigenvalue weighted by Gasteiger charge is -2.03. The van der Waals surface area contributed by atoms with E-state index >= 15 is 0 Å². The molecule has 3 aromatic heterocycles. The Balaban J connectivity index is 1.51. The van der Waals surface area contributed by atoms with Gasteiger partial charge in [-0.2, -0.15) is 0 Å². The van der Waals surface area contributed by atoms with E-state index in [0.717, 1.165) is 21.6 Å². The molecular weight excluding hydrogens is 440 g/mol. The molecule has 0 radical (unpaired) electrons. The number of benzene rings is 2. The second-order valence-electron chi connectivity index (χ2n) is 7.19. The third-order valence-electron chi connectivity index (χ3n) is 5.02. The second-order valence-corrected chi connectivity index (χ2v) is 8.80. The van der Waals surface area contributed by atoms with Gasteiger partial charge in [0.25, 0.3) is 5.56 Å². The standard InChI is InChI=1S/C25H17ClN4OS/c1-15-20(17-8-4-2-5-9-17)21-24(31)29-23(30-25(21)32-15)19(26)12-16-13-27-22(28-14-16)18-10-6-3-7-11-18/h2-14H,1H3,(H,29,30,31)/b19-12-. The van der Waals surface area contributed by atoms with Crippen LogP contribution in [0.1, 0.15) is 16.3 Å². The summed E-state index contributed by atoms with van der Waals surface area (Å²) in [5, 5.41) is 0.898. The van der Waals surface area contributed by atoms with Gasteiger partial charge in [-0.3, -0.25) is 4.79 Å². The molecule has 0 spiro atoms. The molecule has 5 nitrogen and oxygen atoms in total. The number of nitrogens with zero attached hydrogens (tertiary/aromatic N) is 3. The van der Waals surface area contributed by atoms with E-state index in [0.29, 0.717) is 32.5 Å². The summed E-state index contributed by atoms with van der Waals surface area (Å²) >= 11 is 7.99. The van der Waals surface area contributed by atoms with Crippen LogP contribution in [0.25, 0.3) is 43.8 Å². The van der Waals surface area contributed by atoms with Gasteiger partial charge in [0.1, 0.15) is 4.83 Å². The van der Waals surface area contributed by atoms with Crippen molar-refractivity contribution < 1.29 is 0 Å². The maximum Gasteiger partial charge on any atom is 0.260 e. The van der Waals surface area contributed by atoms with Gasteiger partial charge >= 0.3 is 0 Å². The van der Waals surface area contributed by atoms with Gasteiger partial charge in [0.2, 0.25) is 0 Å².